The molecule has 0 heterocycles. The molecule has 1 rings (SSSR count). The molecule has 0 aromatic heterocycles. The standard InChI is InChI=1S/C10H12BrNO2/c1-7(6-10(13)14)12-9-4-2-8(11)3-5-9/h2-5,7,12H,6H2,1H3,(H,13,14). The highest BCUT2D eigenvalue weighted by Gasteiger charge is 2.06. The van der Waals surface area contributed by atoms with Gasteiger partial charge in [-0.1, -0.05) is 15.9 Å². The van der Waals surface area contributed by atoms with Crippen molar-refractivity contribution in [3.63, 3.8) is 0 Å². The third-order valence-electron chi connectivity index (χ3n) is 1.74. The van der Waals surface area contributed by atoms with Crippen molar-refractivity contribution in [1.29, 1.82) is 0 Å². The maximum Gasteiger partial charge on any atom is 0.305 e. The lowest BCUT2D eigenvalue weighted by Crippen LogP contribution is -2.19. The molecule has 2 N–H and O–H groups in total. The number of aliphatic carboxylic acids is 1. The van der Waals surface area contributed by atoms with Crippen LogP contribution in [0.15, 0.2) is 28.7 Å². The summed E-state index contributed by atoms with van der Waals surface area (Å²) >= 11 is 3.33. The molecule has 4 heteroatoms. The molecule has 0 saturated carbocycles. The van der Waals surface area contributed by atoms with Crippen molar-refractivity contribution >= 4 is 27.6 Å². The fourth-order valence-corrected chi connectivity index (χ4v) is 1.41. The van der Waals surface area contributed by atoms with E-state index in [-0.39, 0.29) is 12.5 Å². The molecule has 0 radical (unpaired) electrons. The van der Waals surface area contributed by atoms with E-state index < -0.39 is 5.97 Å². The van der Waals surface area contributed by atoms with E-state index in [1.807, 2.05) is 31.2 Å². The second kappa shape index (κ2) is 5.00. The summed E-state index contributed by atoms with van der Waals surface area (Å²) in [6, 6.07) is 7.57. The van der Waals surface area contributed by atoms with Crippen molar-refractivity contribution in [2.45, 2.75) is 19.4 Å². The minimum absolute atomic E-state index is 0.0614. The molecular weight excluding hydrogens is 246 g/mol. The van der Waals surface area contributed by atoms with E-state index in [2.05, 4.69) is 21.2 Å². The van der Waals surface area contributed by atoms with E-state index in [9.17, 15) is 4.79 Å². The number of carboxylic acids is 1. The van der Waals surface area contributed by atoms with Gasteiger partial charge in [-0.2, -0.15) is 0 Å². The molecule has 1 aromatic rings. The van der Waals surface area contributed by atoms with Gasteiger partial charge in [-0.3, -0.25) is 4.79 Å². The molecule has 1 aromatic carbocycles. The highest BCUT2D eigenvalue weighted by atomic mass is 79.9. The Labute approximate surface area is 91.3 Å². The molecule has 0 aliphatic carbocycles. The molecule has 0 amide bonds. The molecule has 3 nitrogen and oxygen atoms in total. The fraction of sp³-hybridized carbons (Fsp3) is 0.300. The van der Waals surface area contributed by atoms with E-state index >= 15 is 0 Å². The van der Waals surface area contributed by atoms with Crippen molar-refractivity contribution in [2.75, 3.05) is 5.32 Å². The quantitative estimate of drug-likeness (QED) is 0.872. The second-order valence-electron chi connectivity index (χ2n) is 3.15. The molecule has 76 valence electrons. The number of hydrogen-bond donors (Lipinski definition) is 2. The van der Waals surface area contributed by atoms with Crippen LogP contribution in [0.25, 0.3) is 0 Å². The summed E-state index contributed by atoms with van der Waals surface area (Å²) < 4.78 is 1.01. The molecule has 0 aliphatic heterocycles. The van der Waals surface area contributed by atoms with Gasteiger partial charge in [0.25, 0.3) is 0 Å². The van der Waals surface area contributed by atoms with E-state index in [1.54, 1.807) is 0 Å². The number of carbonyl (C=O) groups is 1. The lowest BCUT2D eigenvalue weighted by Gasteiger charge is -2.12. The van der Waals surface area contributed by atoms with Crippen LogP contribution in [0.2, 0.25) is 0 Å². The second-order valence-corrected chi connectivity index (χ2v) is 4.07. The van der Waals surface area contributed by atoms with Crippen molar-refractivity contribution in [3.8, 4) is 0 Å². The molecule has 0 spiro atoms. The molecule has 0 bridgehead atoms. The predicted octanol–water partition coefficient (Wildman–Crippen LogP) is 2.72. The first-order chi connectivity index (χ1) is 6.58. The Balaban J connectivity index is 2.51. The zero-order valence-electron chi connectivity index (χ0n) is 7.83. The summed E-state index contributed by atoms with van der Waals surface area (Å²) in [5, 5.41) is 11.7. The number of benzene rings is 1. The average Bonchev–Trinajstić information content (AvgIpc) is 2.07. The number of nitrogens with one attached hydrogen (secondary N) is 1. The van der Waals surface area contributed by atoms with Gasteiger partial charge in [0.1, 0.15) is 0 Å². The fourth-order valence-electron chi connectivity index (χ4n) is 1.14. The third kappa shape index (κ3) is 3.79. The van der Waals surface area contributed by atoms with Crippen LogP contribution in [0, 0.1) is 0 Å². The number of anilines is 1. The van der Waals surface area contributed by atoms with Crippen LogP contribution in [0.4, 0.5) is 5.69 Å². The molecule has 1 atom stereocenters. The van der Waals surface area contributed by atoms with Crippen molar-refractivity contribution in [3.05, 3.63) is 28.7 Å². The van der Waals surface area contributed by atoms with E-state index in [0.717, 1.165) is 10.2 Å². The Kier molecular flexibility index (Phi) is 3.95. The molecule has 14 heavy (non-hydrogen) atoms. The number of hydrogen-bond acceptors (Lipinski definition) is 2. The van der Waals surface area contributed by atoms with Crippen LogP contribution in [0.3, 0.4) is 0 Å². The lowest BCUT2D eigenvalue weighted by molar-refractivity contribution is -0.137. The third-order valence-corrected chi connectivity index (χ3v) is 2.27. The largest absolute Gasteiger partial charge is 0.481 e. The zero-order chi connectivity index (χ0) is 10.6. The Hall–Kier alpha value is -1.03. The summed E-state index contributed by atoms with van der Waals surface area (Å²) in [5.74, 6) is -0.790. The van der Waals surface area contributed by atoms with Gasteiger partial charge in [0, 0.05) is 16.2 Å². The van der Waals surface area contributed by atoms with Crippen LogP contribution in [-0.2, 0) is 4.79 Å². The summed E-state index contributed by atoms with van der Waals surface area (Å²) in [4.78, 5) is 10.4. The van der Waals surface area contributed by atoms with Crippen molar-refractivity contribution in [2.24, 2.45) is 0 Å². The predicted molar refractivity (Wildman–Crippen MR) is 59.5 cm³/mol. The van der Waals surface area contributed by atoms with Crippen LogP contribution >= 0.6 is 15.9 Å². The van der Waals surface area contributed by atoms with Gasteiger partial charge >= 0.3 is 5.97 Å². The maximum absolute atomic E-state index is 10.4. The average molecular weight is 258 g/mol. The van der Waals surface area contributed by atoms with Gasteiger partial charge in [-0.25, -0.2) is 0 Å². The molecule has 0 fully saturated rings. The van der Waals surface area contributed by atoms with Gasteiger partial charge in [0.2, 0.25) is 0 Å². The lowest BCUT2D eigenvalue weighted by atomic mass is 10.2. The number of rotatable bonds is 4. The molecule has 1 unspecified atom stereocenters. The first kappa shape index (κ1) is 11.0. The Morgan fingerprint density at radius 1 is 1.50 bits per heavy atom. The first-order valence-electron chi connectivity index (χ1n) is 4.32. The monoisotopic (exact) mass is 257 g/mol. The molecule has 0 saturated heterocycles. The summed E-state index contributed by atoms with van der Waals surface area (Å²) in [5.41, 5.74) is 0.932. The highest BCUT2D eigenvalue weighted by molar-refractivity contribution is 9.10. The molecule has 0 aliphatic rings. The first-order valence-corrected chi connectivity index (χ1v) is 5.11. The summed E-state index contributed by atoms with van der Waals surface area (Å²) in [7, 11) is 0. The number of carboxylic acid groups (broad SMARTS) is 1. The van der Waals surface area contributed by atoms with Gasteiger partial charge < -0.3 is 10.4 Å². The topological polar surface area (TPSA) is 49.3 Å². The van der Waals surface area contributed by atoms with Crippen molar-refractivity contribution in [1.82, 2.24) is 0 Å². The minimum atomic E-state index is -0.790. The van der Waals surface area contributed by atoms with E-state index in [1.165, 1.54) is 0 Å². The maximum atomic E-state index is 10.4. The summed E-state index contributed by atoms with van der Waals surface area (Å²) in [6.45, 7) is 1.84. The van der Waals surface area contributed by atoms with Crippen LogP contribution in [-0.4, -0.2) is 17.1 Å². The van der Waals surface area contributed by atoms with Gasteiger partial charge in [0.15, 0.2) is 0 Å². The van der Waals surface area contributed by atoms with Crippen molar-refractivity contribution < 1.29 is 9.90 Å². The Morgan fingerprint density at radius 3 is 2.57 bits per heavy atom. The van der Waals surface area contributed by atoms with Gasteiger partial charge in [0.05, 0.1) is 6.42 Å². The van der Waals surface area contributed by atoms with E-state index in [0.29, 0.717) is 0 Å². The van der Waals surface area contributed by atoms with E-state index in [4.69, 9.17) is 5.11 Å². The SMILES string of the molecule is CC(CC(=O)O)Nc1ccc(Br)cc1. The summed E-state index contributed by atoms with van der Waals surface area (Å²) in [6.07, 6.45) is 0.121. The van der Waals surface area contributed by atoms with Crippen LogP contribution < -0.4 is 5.32 Å². The zero-order valence-corrected chi connectivity index (χ0v) is 9.41. The van der Waals surface area contributed by atoms with Crippen LogP contribution in [0.1, 0.15) is 13.3 Å². The minimum Gasteiger partial charge on any atom is -0.481 e. The van der Waals surface area contributed by atoms with Gasteiger partial charge in [-0.05, 0) is 31.2 Å². The van der Waals surface area contributed by atoms with Gasteiger partial charge in [-0.15, -0.1) is 0 Å². The highest BCUT2D eigenvalue weighted by Crippen LogP contribution is 2.15. The number of halogens is 1. The molecular formula is C10H12BrNO2. The Morgan fingerprint density at radius 2 is 2.07 bits per heavy atom. The van der Waals surface area contributed by atoms with Crippen LogP contribution in [0.5, 0.6) is 0 Å². The Bertz CT molecular complexity index is 310. The smallest absolute Gasteiger partial charge is 0.305 e. The normalized spacial score (nSPS) is 12.1.